The van der Waals surface area contributed by atoms with Gasteiger partial charge in [-0.1, -0.05) is 6.07 Å². The Morgan fingerprint density at radius 3 is 2.66 bits per heavy atom. The first-order chi connectivity index (χ1) is 13.9. The number of rotatable bonds is 4. The zero-order chi connectivity index (χ0) is 20.5. The van der Waals surface area contributed by atoms with E-state index >= 15 is 0 Å². The highest BCUT2D eigenvalue weighted by molar-refractivity contribution is 5.81. The second-order valence-corrected chi connectivity index (χ2v) is 7.94. The molecular formula is C22H27N5O2. The third-order valence-corrected chi connectivity index (χ3v) is 5.46. The molecule has 3 aromatic rings. The molecule has 7 nitrogen and oxygen atoms in total. The number of ether oxygens (including phenoxy) is 1. The van der Waals surface area contributed by atoms with Gasteiger partial charge in [0.15, 0.2) is 11.8 Å². The third kappa shape index (κ3) is 3.95. The Labute approximate surface area is 170 Å². The Morgan fingerprint density at radius 2 is 1.90 bits per heavy atom. The summed E-state index contributed by atoms with van der Waals surface area (Å²) < 4.78 is 7.74. The summed E-state index contributed by atoms with van der Waals surface area (Å²) in [6, 6.07) is 6.03. The van der Waals surface area contributed by atoms with Gasteiger partial charge in [-0.15, -0.1) is 0 Å². The fraction of sp³-hybridized carbons (Fsp3) is 0.455. The first-order valence-electron chi connectivity index (χ1n) is 10.1. The van der Waals surface area contributed by atoms with Crippen LogP contribution in [0.2, 0.25) is 0 Å². The molecule has 1 aliphatic rings. The van der Waals surface area contributed by atoms with E-state index in [0.29, 0.717) is 6.54 Å². The fourth-order valence-corrected chi connectivity index (χ4v) is 4.19. The molecule has 1 fully saturated rings. The molecule has 0 unspecified atom stereocenters. The Bertz CT molecular complexity index is 1020. The molecule has 1 aliphatic heterocycles. The van der Waals surface area contributed by atoms with E-state index in [1.54, 1.807) is 17.1 Å². The van der Waals surface area contributed by atoms with Crippen molar-refractivity contribution in [3.8, 4) is 5.75 Å². The molecule has 3 heterocycles. The smallest absolute Gasteiger partial charge is 0.263 e. The van der Waals surface area contributed by atoms with E-state index in [4.69, 9.17) is 4.74 Å². The molecule has 1 amide bonds. The molecule has 0 saturated carbocycles. The van der Waals surface area contributed by atoms with Crippen LogP contribution in [0.5, 0.6) is 5.75 Å². The van der Waals surface area contributed by atoms with E-state index in [1.807, 2.05) is 44.9 Å². The summed E-state index contributed by atoms with van der Waals surface area (Å²) in [7, 11) is 1.88. The van der Waals surface area contributed by atoms with Crippen molar-refractivity contribution in [3.05, 3.63) is 47.4 Å². The Balaban J connectivity index is 1.49. The van der Waals surface area contributed by atoms with Crippen LogP contribution in [0.4, 0.5) is 0 Å². The minimum Gasteiger partial charge on any atom is -0.481 e. The van der Waals surface area contributed by atoms with Crippen LogP contribution < -0.4 is 4.74 Å². The zero-order valence-electron chi connectivity index (χ0n) is 17.4. The van der Waals surface area contributed by atoms with E-state index in [2.05, 4.69) is 21.1 Å². The molecule has 2 atom stereocenters. The molecule has 152 valence electrons. The van der Waals surface area contributed by atoms with Crippen LogP contribution in [-0.4, -0.2) is 49.7 Å². The van der Waals surface area contributed by atoms with Crippen molar-refractivity contribution in [2.45, 2.75) is 45.6 Å². The van der Waals surface area contributed by atoms with E-state index in [-0.39, 0.29) is 11.8 Å². The number of hydrogen-bond acceptors (Lipinski definition) is 5. The van der Waals surface area contributed by atoms with Gasteiger partial charge in [0.2, 0.25) is 0 Å². The summed E-state index contributed by atoms with van der Waals surface area (Å²) in [5.41, 5.74) is 4.78. The van der Waals surface area contributed by atoms with E-state index in [1.165, 1.54) is 0 Å². The predicted molar refractivity (Wildman–Crippen MR) is 111 cm³/mol. The van der Waals surface area contributed by atoms with Gasteiger partial charge in [-0.25, -0.2) is 14.6 Å². The number of fused-ring (bicyclic) bond motifs is 1. The predicted octanol–water partition coefficient (Wildman–Crippen LogP) is 3.15. The van der Waals surface area contributed by atoms with Crippen molar-refractivity contribution in [2.24, 2.45) is 7.05 Å². The average Bonchev–Trinajstić information content (AvgIpc) is 3.04. The van der Waals surface area contributed by atoms with Crippen LogP contribution in [0.1, 0.15) is 42.5 Å². The third-order valence-electron chi connectivity index (χ3n) is 5.46. The number of piperidine rings is 1. The summed E-state index contributed by atoms with van der Waals surface area (Å²) >= 11 is 0. The number of aromatic nitrogens is 4. The van der Waals surface area contributed by atoms with Crippen LogP contribution in [0.15, 0.2) is 30.6 Å². The minimum absolute atomic E-state index is 0.0141. The van der Waals surface area contributed by atoms with Crippen LogP contribution >= 0.6 is 0 Å². The molecule has 29 heavy (non-hydrogen) atoms. The number of likely N-dealkylation sites (tertiary alicyclic amines) is 1. The molecule has 1 aromatic carbocycles. The van der Waals surface area contributed by atoms with Gasteiger partial charge in [0, 0.05) is 38.4 Å². The van der Waals surface area contributed by atoms with Crippen molar-refractivity contribution >= 4 is 17.1 Å². The molecule has 1 saturated heterocycles. The molecule has 0 radical (unpaired) electrons. The number of nitrogens with zero attached hydrogens (tertiary/aromatic N) is 5. The molecule has 2 aromatic heterocycles. The maximum absolute atomic E-state index is 13.1. The number of carbonyl (C=O) groups excluding carboxylic acids is 1. The first-order valence-corrected chi connectivity index (χ1v) is 10.1. The van der Waals surface area contributed by atoms with Gasteiger partial charge >= 0.3 is 0 Å². The molecule has 0 aliphatic carbocycles. The standard InChI is InChI=1S/C22H27N5O2/c1-14-10-15(2)12-18(11-14)29-16(3)22(28)27-9-5-6-17(13-27)19-20-21(26(4)25-19)24-8-7-23-20/h7-8,10-12,16-17H,5-6,9,13H2,1-4H3/t16-,17+/m0/s1. The Kier molecular flexibility index (Phi) is 5.22. The quantitative estimate of drug-likeness (QED) is 0.681. The fourth-order valence-electron chi connectivity index (χ4n) is 4.19. The van der Waals surface area contributed by atoms with Crippen molar-refractivity contribution < 1.29 is 9.53 Å². The average molecular weight is 393 g/mol. The van der Waals surface area contributed by atoms with Gasteiger partial charge in [-0.05, 0) is 56.9 Å². The molecule has 7 heteroatoms. The maximum atomic E-state index is 13.1. The van der Waals surface area contributed by atoms with Crippen molar-refractivity contribution in [1.29, 1.82) is 0 Å². The van der Waals surface area contributed by atoms with Gasteiger partial charge in [0.05, 0.1) is 5.69 Å². The Morgan fingerprint density at radius 1 is 1.17 bits per heavy atom. The van der Waals surface area contributed by atoms with Gasteiger partial charge in [-0.2, -0.15) is 5.10 Å². The lowest BCUT2D eigenvalue weighted by atomic mass is 9.94. The topological polar surface area (TPSA) is 73.1 Å². The lowest BCUT2D eigenvalue weighted by molar-refractivity contribution is -0.139. The maximum Gasteiger partial charge on any atom is 0.263 e. The van der Waals surface area contributed by atoms with Crippen LogP contribution in [0, 0.1) is 13.8 Å². The van der Waals surface area contributed by atoms with E-state index < -0.39 is 6.10 Å². The normalized spacial score (nSPS) is 18.1. The molecule has 0 bridgehead atoms. The lowest BCUT2D eigenvalue weighted by Gasteiger charge is -2.33. The Hall–Kier alpha value is -2.96. The van der Waals surface area contributed by atoms with Gasteiger partial charge in [-0.3, -0.25) is 4.79 Å². The van der Waals surface area contributed by atoms with Crippen LogP contribution in [0.25, 0.3) is 11.2 Å². The summed E-state index contributed by atoms with van der Waals surface area (Å²) in [5.74, 6) is 0.907. The highest BCUT2D eigenvalue weighted by Crippen LogP contribution is 2.30. The number of hydrogen-bond donors (Lipinski definition) is 0. The lowest BCUT2D eigenvalue weighted by Crippen LogP contribution is -2.45. The monoisotopic (exact) mass is 393 g/mol. The van der Waals surface area contributed by atoms with Crippen molar-refractivity contribution in [2.75, 3.05) is 13.1 Å². The van der Waals surface area contributed by atoms with Gasteiger partial charge in [0.1, 0.15) is 11.3 Å². The van der Waals surface area contributed by atoms with Crippen LogP contribution in [-0.2, 0) is 11.8 Å². The second-order valence-electron chi connectivity index (χ2n) is 7.94. The van der Waals surface area contributed by atoms with Crippen molar-refractivity contribution in [3.63, 3.8) is 0 Å². The number of amides is 1. The highest BCUT2D eigenvalue weighted by Gasteiger charge is 2.31. The number of aryl methyl sites for hydroxylation is 3. The van der Waals surface area contributed by atoms with Crippen LogP contribution in [0.3, 0.4) is 0 Å². The minimum atomic E-state index is -0.532. The van der Waals surface area contributed by atoms with Gasteiger partial charge < -0.3 is 9.64 Å². The van der Waals surface area contributed by atoms with Gasteiger partial charge in [0.25, 0.3) is 5.91 Å². The van der Waals surface area contributed by atoms with E-state index in [9.17, 15) is 4.79 Å². The molecular weight excluding hydrogens is 366 g/mol. The summed E-state index contributed by atoms with van der Waals surface area (Å²) in [6.45, 7) is 7.25. The summed E-state index contributed by atoms with van der Waals surface area (Å²) in [6.07, 6.45) is 4.76. The molecule has 4 rings (SSSR count). The second kappa shape index (κ2) is 7.81. The number of carbonyl (C=O) groups is 1. The van der Waals surface area contributed by atoms with Crippen molar-refractivity contribution in [1.82, 2.24) is 24.6 Å². The molecule has 0 N–H and O–H groups in total. The SMILES string of the molecule is Cc1cc(C)cc(O[C@@H](C)C(=O)N2CCC[C@@H](c3nn(C)c4nccnc34)C2)c1. The summed E-state index contributed by atoms with van der Waals surface area (Å²) in [4.78, 5) is 23.8. The highest BCUT2D eigenvalue weighted by atomic mass is 16.5. The first kappa shape index (κ1) is 19.4. The number of benzene rings is 1. The summed E-state index contributed by atoms with van der Waals surface area (Å²) in [5, 5.41) is 4.66. The van der Waals surface area contributed by atoms with E-state index in [0.717, 1.165) is 53.1 Å². The largest absolute Gasteiger partial charge is 0.481 e. The molecule has 0 spiro atoms. The zero-order valence-corrected chi connectivity index (χ0v) is 17.4.